The van der Waals surface area contributed by atoms with Crippen LogP contribution in [0.2, 0.25) is 0 Å². The molecule has 3 atom stereocenters. The van der Waals surface area contributed by atoms with E-state index in [4.69, 9.17) is 0 Å². The van der Waals surface area contributed by atoms with E-state index in [0.29, 0.717) is 30.8 Å². The number of piperidine rings is 1. The fourth-order valence-corrected chi connectivity index (χ4v) is 5.23. The number of carbonyl (C=O) groups is 3. The summed E-state index contributed by atoms with van der Waals surface area (Å²) in [6.07, 6.45) is 5.32. The molecule has 0 bridgehead atoms. The number of nitrogens with one attached hydrogen (secondary N) is 2. The first-order valence-electron chi connectivity index (χ1n) is 10.3. The molecule has 3 amide bonds. The summed E-state index contributed by atoms with van der Waals surface area (Å²) in [5, 5.41) is 7.95. The largest absolute Gasteiger partial charge is 0.353 e. The van der Waals surface area contributed by atoms with E-state index in [1.807, 2.05) is 22.4 Å². The molecule has 0 aliphatic carbocycles. The molecule has 0 spiro atoms. The zero-order chi connectivity index (χ0) is 19.5. The van der Waals surface area contributed by atoms with Crippen molar-refractivity contribution < 1.29 is 14.4 Å². The van der Waals surface area contributed by atoms with Gasteiger partial charge in [-0.25, -0.2) is 0 Å². The number of thiophene rings is 1. The van der Waals surface area contributed by atoms with Crippen LogP contribution in [0.4, 0.5) is 0 Å². The number of hydrogen-bond donors (Lipinski definition) is 2. The first kappa shape index (κ1) is 19.4. The predicted molar refractivity (Wildman–Crippen MR) is 107 cm³/mol. The molecule has 3 fully saturated rings. The van der Waals surface area contributed by atoms with Crippen molar-refractivity contribution in [3.63, 3.8) is 0 Å². The van der Waals surface area contributed by atoms with Crippen LogP contribution in [-0.4, -0.2) is 71.8 Å². The predicted octanol–water partition coefficient (Wildman–Crippen LogP) is 1.21. The van der Waals surface area contributed by atoms with E-state index in [2.05, 4.69) is 15.5 Å². The second kappa shape index (κ2) is 8.61. The quantitative estimate of drug-likeness (QED) is 0.773. The second-order valence-electron chi connectivity index (χ2n) is 7.98. The molecule has 2 N–H and O–H groups in total. The van der Waals surface area contributed by atoms with E-state index in [-0.39, 0.29) is 35.8 Å². The van der Waals surface area contributed by atoms with Gasteiger partial charge in [0.05, 0.1) is 10.9 Å². The number of rotatable bonds is 5. The number of hydrogen-bond acceptors (Lipinski definition) is 5. The summed E-state index contributed by atoms with van der Waals surface area (Å²) < 4.78 is 0. The molecule has 3 saturated heterocycles. The lowest BCUT2D eigenvalue weighted by Crippen LogP contribution is -2.58. The van der Waals surface area contributed by atoms with Crippen LogP contribution in [0.15, 0.2) is 17.5 Å². The minimum Gasteiger partial charge on any atom is -0.353 e. The highest BCUT2D eigenvalue weighted by atomic mass is 32.1. The van der Waals surface area contributed by atoms with Gasteiger partial charge in [-0.15, -0.1) is 11.3 Å². The Kier molecular flexibility index (Phi) is 5.96. The van der Waals surface area contributed by atoms with E-state index in [1.165, 1.54) is 17.8 Å². The smallest absolute Gasteiger partial charge is 0.261 e. The van der Waals surface area contributed by atoms with E-state index < -0.39 is 0 Å². The topological polar surface area (TPSA) is 81.8 Å². The fourth-order valence-electron chi connectivity index (χ4n) is 4.60. The molecule has 0 radical (unpaired) electrons. The van der Waals surface area contributed by atoms with Gasteiger partial charge < -0.3 is 15.5 Å². The summed E-state index contributed by atoms with van der Waals surface area (Å²) in [7, 11) is 0. The molecule has 3 aliphatic heterocycles. The average molecular weight is 405 g/mol. The van der Waals surface area contributed by atoms with Crippen LogP contribution < -0.4 is 10.6 Å². The lowest BCUT2D eigenvalue weighted by atomic mass is 10.0. The van der Waals surface area contributed by atoms with Crippen LogP contribution in [0.3, 0.4) is 0 Å². The number of likely N-dealkylation sites (tertiary alicyclic amines) is 1. The van der Waals surface area contributed by atoms with Crippen molar-refractivity contribution >= 4 is 29.1 Å². The highest BCUT2D eigenvalue weighted by molar-refractivity contribution is 7.12. The Morgan fingerprint density at radius 3 is 2.82 bits per heavy atom. The van der Waals surface area contributed by atoms with Crippen molar-refractivity contribution in [2.75, 3.05) is 26.2 Å². The standard InChI is InChI=1S/C20H28N4O3S/c25-18(23-8-2-1-3-9-23)7-6-15-12-21-19(26)16-11-14(13-24(15)16)22-20(27)17-5-4-10-28-17/h4-5,10,14-16H,1-3,6-9,11-13H2,(H,21,26)(H,22,27)/t14-,15-,16+/m1/s1. The Hall–Kier alpha value is -1.93. The average Bonchev–Trinajstić information content (AvgIpc) is 3.38. The summed E-state index contributed by atoms with van der Waals surface area (Å²) in [5.74, 6) is 0.193. The van der Waals surface area contributed by atoms with Crippen molar-refractivity contribution in [3.05, 3.63) is 22.4 Å². The SMILES string of the molecule is O=C(N[C@@H]1C[C@H]2C(=O)NC[C@@H](CCC(=O)N3CCCCC3)N2C1)c1cccs1. The van der Waals surface area contributed by atoms with Gasteiger partial charge in [-0.1, -0.05) is 6.07 Å². The van der Waals surface area contributed by atoms with Crippen LogP contribution in [0.1, 0.15) is 48.2 Å². The minimum absolute atomic E-state index is 0.0338. The third-order valence-corrected chi connectivity index (χ3v) is 6.97. The Bertz CT molecular complexity index is 717. The van der Waals surface area contributed by atoms with Gasteiger partial charge in [0.2, 0.25) is 11.8 Å². The Labute approximate surface area is 169 Å². The lowest BCUT2D eigenvalue weighted by Gasteiger charge is -2.37. The van der Waals surface area contributed by atoms with Crippen LogP contribution in [0.25, 0.3) is 0 Å². The second-order valence-corrected chi connectivity index (χ2v) is 8.92. The van der Waals surface area contributed by atoms with Gasteiger partial charge in [-0.2, -0.15) is 0 Å². The summed E-state index contributed by atoms with van der Waals surface area (Å²) in [6, 6.07) is 3.57. The zero-order valence-corrected chi connectivity index (χ0v) is 16.9. The van der Waals surface area contributed by atoms with Crippen molar-refractivity contribution in [3.8, 4) is 0 Å². The number of amides is 3. The summed E-state index contributed by atoms with van der Waals surface area (Å²) in [4.78, 5) is 42.1. The third kappa shape index (κ3) is 4.22. The van der Waals surface area contributed by atoms with Gasteiger partial charge in [0.1, 0.15) is 0 Å². The molecule has 4 heterocycles. The molecule has 4 rings (SSSR count). The molecule has 8 heteroatoms. The zero-order valence-electron chi connectivity index (χ0n) is 16.1. The molecule has 3 aliphatic rings. The molecule has 0 saturated carbocycles. The summed E-state index contributed by atoms with van der Waals surface area (Å²) in [5.41, 5.74) is 0. The third-order valence-electron chi connectivity index (χ3n) is 6.10. The van der Waals surface area contributed by atoms with Crippen molar-refractivity contribution in [1.29, 1.82) is 0 Å². The monoisotopic (exact) mass is 404 g/mol. The Morgan fingerprint density at radius 1 is 1.25 bits per heavy atom. The molecule has 0 unspecified atom stereocenters. The van der Waals surface area contributed by atoms with Crippen LogP contribution in [0.5, 0.6) is 0 Å². The highest BCUT2D eigenvalue weighted by Crippen LogP contribution is 2.26. The maximum atomic E-state index is 12.5. The molecular formula is C20H28N4O3S. The number of piperazine rings is 1. The Balaban J connectivity index is 1.33. The summed E-state index contributed by atoms with van der Waals surface area (Å²) >= 11 is 1.42. The summed E-state index contributed by atoms with van der Waals surface area (Å²) in [6.45, 7) is 3.00. The van der Waals surface area contributed by atoms with Gasteiger partial charge in [0, 0.05) is 44.7 Å². The van der Waals surface area contributed by atoms with Crippen LogP contribution >= 0.6 is 11.3 Å². The maximum Gasteiger partial charge on any atom is 0.261 e. The molecule has 28 heavy (non-hydrogen) atoms. The van der Waals surface area contributed by atoms with Crippen molar-refractivity contribution in [2.24, 2.45) is 0 Å². The molecule has 152 valence electrons. The maximum absolute atomic E-state index is 12.5. The van der Waals surface area contributed by atoms with Gasteiger partial charge in [0.25, 0.3) is 5.91 Å². The normalized spacial score (nSPS) is 27.9. The molecular weight excluding hydrogens is 376 g/mol. The minimum atomic E-state index is -0.211. The van der Waals surface area contributed by atoms with Crippen LogP contribution in [0, 0.1) is 0 Å². The van der Waals surface area contributed by atoms with E-state index in [9.17, 15) is 14.4 Å². The first-order chi connectivity index (χ1) is 13.6. The molecule has 0 aromatic carbocycles. The Morgan fingerprint density at radius 2 is 2.07 bits per heavy atom. The van der Waals surface area contributed by atoms with Gasteiger partial charge in [-0.3, -0.25) is 19.3 Å². The lowest BCUT2D eigenvalue weighted by molar-refractivity contribution is -0.133. The van der Waals surface area contributed by atoms with Gasteiger partial charge >= 0.3 is 0 Å². The van der Waals surface area contributed by atoms with E-state index in [0.717, 1.165) is 32.4 Å². The highest BCUT2D eigenvalue weighted by Gasteiger charge is 2.43. The van der Waals surface area contributed by atoms with Crippen molar-refractivity contribution in [1.82, 2.24) is 20.4 Å². The number of fused-ring (bicyclic) bond motifs is 1. The molecule has 7 nitrogen and oxygen atoms in total. The molecule has 1 aromatic rings. The number of nitrogens with zero attached hydrogens (tertiary/aromatic N) is 2. The van der Waals surface area contributed by atoms with E-state index in [1.54, 1.807) is 0 Å². The van der Waals surface area contributed by atoms with Crippen LogP contribution in [-0.2, 0) is 9.59 Å². The van der Waals surface area contributed by atoms with Gasteiger partial charge in [0.15, 0.2) is 0 Å². The van der Waals surface area contributed by atoms with Crippen molar-refractivity contribution in [2.45, 2.75) is 56.7 Å². The van der Waals surface area contributed by atoms with E-state index >= 15 is 0 Å². The van der Waals surface area contributed by atoms with Gasteiger partial charge in [-0.05, 0) is 43.6 Å². The molecule has 1 aromatic heterocycles. The fraction of sp³-hybridized carbons (Fsp3) is 0.650. The number of carbonyl (C=O) groups excluding carboxylic acids is 3. The first-order valence-corrected chi connectivity index (χ1v) is 11.2.